The largest absolute Gasteiger partial charge is 0.468 e. The van der Waals surface area contributed by atoms with Crippen molar-refractivity contribution in [1.29, 1.82) is 0 Å². The lowest BCUT2D eigenvalue weighted by Crippen LogP contribution is -2.48. The van der Waals surface area contributed by atoms with Gasteiger partial charge in [-0.25, -0.2) is 5.01 Å². The predicted molar refractivity (Wildman–Crippen MR) is 47.7 cm³/mol. The summed E-state index contributed by atoms with van der Waals surface area (Å²) in [6, 6.07) is 0.0583. The first kappa shape index (κ1) is 11.9. The summed E-state index contributed by atoms with van der Waals surface area (Å²) in [6.45, 7) is 5.21. The minimum Gasteiger partial charge on any atom is -0.468 e. The SMILES string of the molecule is COC(=O)CN(NC(C)=O)C(C)C. The molecule has 0 bridgehead atoms. The Bertz CT molecular complexity index is 192. The number of ether oxygens (including phenoxy) is 1. The first-order valence-corrected chi connectivity index (χ1v) is 4.08. The van der Waals surface area contributed by atoms with Crippen LogP contribution in [0.15, 0.2) is 0 Å². The molecule has 0 unspecified atom stereocenters. The summed E-state index contributed by atoms with van der Waals surface area (Å²) in [6.07, 6.45) is 0. The number of nitrogens with zero attached hydrogens (tertiary/aromatic N) is 1. The van der Waals surface area contributed by atoms with Crippen LogP contribution in [0.5, 0.6) is 0 Å². The van der Waals surface area contributed by atoms with Crippen molar-refractivity contribution in [2.45, 2.75) is 26.8 Å². The third-order valence-corrected chi connectivity index (χ3v) is 1.45. The van der Waals surface area contributed by atoms with E-state index in [0.29, 0.717) is 0 Å². The van der Waals surface area contributed by atoms with Gasteiger partial charge in [-0.3, -0.25) is 15.0 Å². The molecule has 0 radical (unpaired) electrons. The first-order chi connectivity index (χ1) is 5.97. The van der Waals surface area contributed by atoms with E-state index in [1.165, 1.54) is 19.0 Å². The molecular formula is C8H16N2O3. The quantitative estimate of drug-likeness (QED) is 0.495. The molecule has 0 saturated heterocycles. The molecule has 1 amide bonds. The molecule has 0 heterocycles. The van der Waals surface area contributed by atoms with Crippen LogP contribution in [0.2, 0.25) is 0 Å². The second kappa shape index (κ2) is 5.53. The van der Waals surface area contributed by atoms with E-state index in [0.717, 1.165) is 0 Å². The maximum absolute atomic E-state index is 10.9. The van der Waals surface area contributed by atoms with E-state index in [-0.39, 0.29) is 24.5 Å². The fourth-order valence-corrected chi connectivity index (χ4v) is 0.757. The third-order valence-electron chi connectivity index (χ3n) is 1.45. The standard InChI is InChI=1S/C8H16N2O3/c1-6(2)10(9-7(3)11)5-8(12)13-4/h6H,5H2,1-4H3,(H,9,11). The molecule has 0 spiro atoms. The molecule has 0 aliphatic heterocycles. The van der Waals surface area contributed by atoms with Crippen molar-refractivity contribution in [1.82, 2.24) is 10.4 Å². The molecule has 0 aromatic heterocycles. The fourth-order valence-electron chi connectivity index (χ4n) is 0.757. The van der Waals surface area contributed by atoms with Gasteiger partial charge in [0.25, 0.3) is 0 Å². The van der Waals surface area contributed by atoms with Crippen LogP contribution in [-0.2, 0) is 14.3 Å². The van der Waals surface area contributed by atoms with Crippen LogP contribution < -0.4 is 5.43 Å². The Morgan fingerprint density at radius 2 is 2.00 bits per heavy atom. The average Bonchev–Trinajstić information content (AvgIpc) is 2.02. The summed E-state index contributed by atoms with van der Waals surface area (Å²) in [5, 5.41) is 1.52. The number of carbonyl (C=O) groups excluding carboxylic acids is 2. The van der Waals surface area contributed by atoms with Gasteiger partial charge in [0.05, 0.1) is 7.11 Å². The van der Waals surface area contributed by atoms with Gasteiger partial charge >= 0.3 is 5.97 Å². The molecule has 0 aliphatic carbocycles. The number of hydrazine groups is 1. The van der Waals surface area contributed by atoms with Crippen LogP contribution in [0.3, 0.4) is 0 Å². The number of methoxy groups -OCH3 is 1. The summed E-state index contributed by atoms with van der Waals surface area (Å²) in [5.74, 6) is -0.569. The van der Waals surface area contributed by atoms with E-state index in [1.54, 1.807) is 0 Å². The Balaban J connectivity index is 4.09. The predicted octanol–water partition coefficient (Wildman–Crippen LogP) is -0.0791. The van der Waals surface area contributed by atoms with Crippen LogP contribution in [-0.4, -0.2) is 36.6 Å². The van der Waals surface area contributed by atoms with E-state index < -0.39 is 0 Å². The lowest BCUT2D eigenvalue weighted by Gasteiger charge is -2.24. The highest BCUT2D eigenvalue weighted by atomic mass is 16.5. The average molecular weight is 188 g/mol. The van der Waals surface area contributed by atoms with Crippen molar-refractivity contribution >= 4 is 11.9 Å². The first-order valence-electron chi connectivity index (χ1n) is 4.08. The molecule has 1 N–H and O–H groups in total. The third kappa shape index (κ3) is 5.19. The van der Waals surface area contributed by atoms with Crippen LogP contribution in [0.1, 0.15) is 20.8 Å². The lowest BCUT2D eigenvalue weighted by molar-refractivity contribution is -0.144. The van der Waals surface area contributed by atoms with Gasteiger partial charge in [0.15, 0.2) is 0 Å². The van der Waals surface area contributed by atoms with E-state index >= 15 is 0 Å². The van der Waals surface area contributed by atoms with Gasteiger partial charge in [-0.1, -0.05) is 0 Å². The normalized spacial score (nSPS) is 10.3. The van der Waals surface area contributed by atoms with Gasteiger partial charge in [0.1, 0.15) is 6.54 Å². The second-order valence-electron chi connectivity index (χ2n) is 2.97. The highest BCUT2D eigenvalue weighted by Gasteiger charge is 2.14. The van der Waals surface area contributed by atoms with Crippen LogP contribution in [0, 0.1) is 0 Å². The number of nitrogens with one attached hydrogen (secondary N) is 1. The Labute approximate surface area is 78.0 Å². The highest BCUT2D eigenvalue weighted by molar-refractivity contribution is 5.74. The number of esters is 1. The van der Waals surface area contributed by atoms with E-state index in [1.807, 2.05) is 13.8 Å². The van der Waals surface area contributed by atoms with Gasteiger partial charge in [-0.15, -0.1) is 0 Å². The van der Waals surface area contributed by atoms with Crippen molar-refractivity contribution in [2.24, 2.45) is 0 Å². The van der Waals surface area contributed by atoms with E-state index in [4.69, 9.17) is 0 Å². The van der Waals surface area contributed by atoms with Gasteiger partial charge in [0, 0.05) is 13.0 Å². The minimum atomic E-state index is -0.373. The molecule has 5 nitrogen and oxygen atoms in total. The Morgan fingerprint density at radius 3 is 2.31 bits per heavy atom. The van der Waals surface area contributed by atoms with Gasteiger partial charge in [0.2, 0.25) is 5.91 Å². The number of hydrogen-bond acceptors (Lipinski definition) is 4. The molecule has 0 aromatic carbocycles. The molecule has 0 rings (SSSR count). The summed E-state index contributed by atoms with van der Waals surface area (Å²) < 4.78 is 4.48. The number of amides is 1. The summed E-state index contributed by atoms with van der Waals surface area (Å²) in [4.78, 5) is 21.6. The van der Waals surface area contributed by atoms with E-state index in [2.05, 4.69) is 10.2 Å². The Hall–Kier alpha value is -1.10. The maximum Gasteiger partial charge on any atom is 0.321 e. The smallest absolute Gasteiger partial charge is 0.321 e. The number of hydrogen-bond donors (Lipinski definition) is 1. The van der Waals surface area contributed by atoms with Gasteiger partial charge < -0.3 is 4.74 Å². The van der Waals surface area contributed by atoms with E-state index in [9.17, 15) is 9.59 Å². The molecule has 13 heavy (non-hydrogen) atoms. The number of carbonyl (C=O) groups is 2. The molecule has 0 fully saturated rings. The fraction of sp³-hybridized carbons (Fsp3) is 0.750. The van der Waals surface area contributed by atoms with Crippen molar-refractivity contribution in [3.8, 4) is 0 Å². The Morgan fingerprint density at radius 1 is 1.46 bits per heavy atom. The van der Waals surface area contributed by atoms with Crippen LogP contribution >= 0.6 is 0 Å². The van der Waals surface area contributed by atoms with Crippen molar-refractivity contribution in [2.75, 3.05) is 13.7 Å². The zero-order chi connectivity index (χ0) is 10.4. The van der Waals surface area contributed by atoms with Crippen molar-refractivity contribution < 1.29 is 14.3 Å². The zero-order valence-corrected chi connectivity index (χ0v) is 8.46. The van der Waals surface area contributed by atoms with Crippen molar-refractivity contribution in [3.05, 3.63) is 0 Å². The molecule has 0 atom stereocenters. The van der Waals surface area contributed by atoms with Crippen LogP contribution in [0.25, 0.3) is 0 Å². The molecule has 0 saturated carbocycles. The van der Waals surface area contributed by atoms with Gasteiger partial charge in [-0.2, -0.15) is 0 Å². The highest BCUT2D eigenvalue weighted by Crippen LogP contribution is 1.93. The molecule has 0 aromatic rings. The van der Waals surface area contributed by atoms with Crippen molar-refractivity contribution in [3.63, 3.8) is 0 Å². The molecule has 5 heteroatoms. The molecule has 0 aliphatic rings. The Kier molecular flexibility index (Phi) is 5.06. The topological polar surface area (TPSA) is 58.6 Å². The summed E-state index contributed by atoms with van der Waals surface area (Å²) in [7, 11) is 1.31. The second-order valence-corrected chi connectivity index (χ2v) is 2.97. The lowest BCUT2D eigenvalue weighted by atomic mass is 10.4. The monoisotopic (exact) mass is 188 g/mol. The maximum atomic E-state index is 10.9. The zero-order valence-electron chi connectivity index (χ0n) is 8.46. The number of rotatable bonds is 4. The molecular weight excluding hydrogens is 172 g/mol. The summed E-state index contributed by atoms with van der Waals surface area (Å²) in [5.41, 5.74) is 2.54. The minimum absolute atomic E-state index is 0.0583. The van der Waals surface area contributed by atoms with Gasteiger partial charge in [-0.05, 0) is 13.8 Å². The summed E-state index contributed by atoms with van der Waals surface area (Å²) >= 11 is 0. The molecule has 76 valence electrons. The van der Waals surface area contributed by atoms with Crippen LogP contribution in [0.4, 0.5) is 0 Å².